The molecule has 1 aromatic rings. The Morgan fingerprint density at radius 1 is 1.26 bits per heavy atom. The number of carbonyl (C=O) groups is 3. The molecule has 0 N–H and O–H groups in total. The molecule has 0 radical (unpaired) electrons. The Bertz CT molecular complexity index is 727. The zero-order chi connectivity index (χ0) is 19.4. The number of nitrogens with zero attached hydrogens (tertiary/aromatic N) is 5. The number of ether oxygens (including phenoxy) is 2. The van der Waals surface area contributed by atoms with Gasteiger partial charge in [-0.25, -0.2) is 9.78 Å². The highest BCUT2D eigenvalue weighted by Gasteiger charge is 2.38. The van der Waals surface area contributed by atoms with Crippen LogP contribution in [0.1, 0.15) is 19.8 Å². The Labute approximate surface area is 157 Å². The lowest BCUT2D eigenvalue weighted by Gasteiger charge is -2.38. The van der Waals surface area contributed by atoms with Crippen molar-refractivity contribution in [1.29, 1.82) is 0 Å². The molecule has 146 valence electrons. The van der Waals surface area contributed by atoms with Gasteiger partial charge < -0.3 is 19.3 Å². The Kier molecular flexibility index (Phi) is 5.72. The third kappa shape index (κ3) is 4.09. The average Bonchev–Trinajstić information content (AvgIpc) is 2.70. The van der Waals surface area contributed by atoms with E-state index in [1.807, 2.05) is 0 Å². The van der Waals surface area contributed by atoms with Crippen LogP contribution in [0.5, 0.6) is 11.9 Å². The number of imide groups is 1. The van der Waals surface area contributed by atoms with Gasteiger partial charge in [-0.05, 0) is 19.8 Å². The number of aromatic nitrogens is 2. The number of carbonyl (C=O) groups excluding carboxylic acids is 3. The number of piperidine rings is 1. The predicted molar refractivity (Wildman–Crippen MR) is 93.2 cm³/mol. The van der Waals surface area contributed by atoms with Crippen molar-refractivity contribution in [2.45, 2.75) is 25.9 Å². The largest absolute Gasteiger partial charge is 0.472 e. The summed E-state index contributed by atoms with van der Waals surface area (Å²) in [5.74, 6) is -1.03. The minimum atomic E-state index is -0.767. The number of likely N-dealkylation sites (tertiary alicyclic amines) is 1. The van der Waals surface area contributed by atoms with Crippen LogP contribution >= 0.6 is 0 Å². The normalized spacial score (nSPS) is 20.7. The van der Waals surface area contributed by atoms with Gasteiger partial charge in [0, 0.05) is 38.4 Å². The minimum absolute atomic E-state index is 0.203. The number of likely N-dealkylation sites (N-methyl/N-ethyl adjacent to an activating group) is 1. The van der Waals surface area contributed by atoms with Crippen molar-refractivity contribution in [2.75, 3.05) is 39.8 Å². The zero-order valence-corrected chi connectivity index (χ0v) is 15.5. The molecule has 2 saturated heterocycles. The molecule has 10 nitrogen and oxygen atoms in total. The molecule has 1 unspecified atom stereocenters. The van der Waals surface area contributed by atoms with Gasteiger partial charge in [-0.3, -0.25) is 14.5 Å². The quantitative estimate of drug-likeness (QED) is 0.687. The van der Waals surface area contributed by atoms with Gasteiger partial charge in [0.05, 0.1) is 13.7 Å². The molecule has 10 heteroatoms. The molecule has 2 fully saturated rings. The van der Waals surface area contributed by atoms with Crippen molar-refractivity contribution in [1.82, 2.24) is 24.7 Å². The molecule has 1 atom stereocenters. The Morgan fingerprint density at radius 2 is 2.07 bits per heavy atom. The summed E-state index contributed by atoms with van der Waals surface area (Å²) in [6, 6.07) is 1.38. The van der Waals surface area contributed by atoms with Gasteiger partial charge in [0.25, 0.3) is 0 Å². The van der Waals surface area contributed by atoms with Crippen LogP contribution in [0.25, 0.3) is 0 Å². The van der Waals surface area contributed by atoms with E-state index in [4.69, 9.17) is 9.47 Å². The highest BCUT2D eigenvalue weighted by molar-refractivity contribution is 6.38. The van der Waals surface area contributed by atoms with Crippen LogP contribution in [0, 0.1) is 0 Å². The molecule has 1 aromatic heterocycles. The van der Waals surface area contributed by atoms with Crippen molar-refractivity contribution >= 4 is 17.8 Å². The lowest BCUT2D eigenvalue weighted by molar-refractivity contribution is -0.154. The molecule has 2 aliphatic rings. The highest BCUT2D eigenvalue weighted by atomic mass is 16.5. The third-order valence-electron chi connectivity index (χ3n) is 4.65. The smallest absolute Gasteiger partial charge is 0.327 e. The Morgan fingerprint density at radius 3 is 2.81 bits per heavy atom. The lowest BCUT2D eigenvalue weighted by Crippen LogP contribution is -2.60. The second kappa shape index (κ2) is 8.19. The maximum atomic E-state index is 12.8. The van der Waals surface area contributed by atoms with Crippen LogP contribution < -0.4 is 9.47 Å². The van der Waals surface area contributed by atoms with Crippen molar-refractivity contribution in [3.8, 4) is 11.9 Å². The Balaban J connectivity index is 1.62. The predicted octanol–water partition coefficient (Wildman–Crippen LogP) is 0.139. The first kappa shape index (κ1) is 18.9. The fraction of sp³-hybridized carbons (Fsp3) is 0.588. The van der Waals surface area contributed by atoms with E-state index >= 15 is 0 Å². The number of methoxy groups -OCH3 is 1. The van der Waals surface area contributed by atoms with Crippen LogP contribution in [0.2, 0.25) is 0 Å². The SMILES string of the molecule is CCN1CCN(C(=O)N2CCCC(Oc3ccnc(OC)n3)C2)C(=O)C1=O. The first-order valence-corrected chi connectivity index (χ1v) is 8.96. The molecular weight excluding hydrogens is 354 g/mol. The van der Waals surface area contributed by atoms with Gasteiger partial charge in [-0.1, -0.05) is 0 Å². The number of hydrogen-bond donors (Lipinski definition) is 0. The number of hydrogen-bond acceptors (Lipinski definition) is 7. The van der Waals surface area contributed by atoms with E-state index in [0.717, 1.165) is 17.7 Å². The second-order valence-electron chi connectivity index (χ2n) is 6.33. The van der Waals surface area contributed by atoms with E-state index < -0.39 is 17.8 Å². The topological polar surface area (TPSA) is 105 Å². The van der Waals surface area contributed by atoms with Gasteiger partial charge in [-0.15, -0.1) is 0 Å². The fourth-order valence-electron chi connectivity index (χ4n) is 3.20. The summed E-state index contributed by atoms with van der Waals surface area (Å²) in [5.41, 5.74) is 0. The summed E-state index contributed by atoms with van der Waals surface area (Å²) in [6.45, 7) is 3.66. The van der Waals surface area contributed by atoms with Crippen molar-refractivity contribution < 1.29 is 23.9 Å². The molecule has 0 saturated carbocycles. The molecule has 0 bridgehead atoms. The van der Waals surface area contributed by atoms with Gasteiger partial charge in [0.2, 0.25) is 5.88 Å². The molecule has 3 heterocycles. The summed E-state index contributed by atoms with van der Waals surface area (Å²) < 4.78 is 10.8. The monoisotopic (exact) mass is 377 g/mol. The molecule has 0 aliphatic carbocycles. The number of rotatable bonds is 4. The molecular formula is C17H23N5O5. The van der Waals surface area contributed by atoms with E-state index in [1.165, 1.54) is 18.2 Å². The van der Waals surface area contributed by atoms with Gasteiger partial charge >= 0.3 is 23.9 Å². The summed E-state index contributed by atoms with van der Waals surface area (Å²) >= 11 is 0. The molecule has 27 heavy (non-hydrogen) atoms. The van der Waals surface area contributed by atoms with Gasteiger partial charge in [0.1, 0.15) is 6.10 Å². The molecule has 3 rings (SSSR count). The van der Waals surface area contributed by atoms with Crippen molar-refractivity contribution in [2.24, 2.45) is 0 Å². The van der Waals surface area contributed by atoms with E-state index in [2.05, 4.69) is 9.97 Å². The summed E-state index contributed by atoms with van der Waals surface area (Å²) in [5, 5.41) is 0. The van der Waals surface area contributed by atoms with E-state index in [-0.39, 0.29) is 18.7 Å². The second-order valence-corrected chi connectivity index (χ2v) is 6.33. The van der Waals surface area contributed by atoms with Crippen LogP contribution in [0.15, 0.2) is 12.3 Å². The molecule has 2 aliphatic heterocycles. The van der Waals surface area contributed by atoms with Crippen LogP contribution in [0.3, 0.4) is 0 Å². The maximum absolute atomic E-state index is 12.8. The standard InChI is InChI=1S/C17H23N5O5/c1-3-20-9-10-22(15(24)14(20)23)17(25)21-8-4-5-12(11-21)27-13-6-7-18-16(19-13)26-2/h6-7,12H,3-5,8-11H2,1-2H3. The van der Waals surface area contributed by atoms with Gasteiger partial charge in [-0.2, -0.15) is 4.98 Å². The molecule has 0 aromatic carbocycles. The summed E-state index contributed by atoms with van der Waals surface area (Å²) in [6.07, 6.45) is 2.76. The van der Waals surface area contributed by atoms with E-state index in [9.17, 15) is 14.4 Å². The maximum Gasteiger partial charge on any atom is 0.327 e. The van der Waals surface area contributed by atoms with E-state index in [0.29, 0.717) is 32.1 Å². The zero-order valence-electron chi connectivity index (χ0n) is 15.5. The van der Waals surface area contributed by atoms with Crippen LogP contribution in [-0.4, -0.2) is 88.5 Å². The summed E-state index contributed by atoms with van der Waals surface area (Å²) in [4.78, 5) is 49.1. The fourth-order valence-corrected chi connectivity index (χ4v) is 3.20. The van der Waals surface area contributed by atoms with Crippen molar-refractivity contribution in [3.63, 3.8) is 0 Å². The molecule has 4 amide bonds. The van der Waals surface area contributed by atoms with Crippen molar-refractivity contribution in [3.05, 3.63) is 12.3 Å². The Hall–Kier alpha value is -2.91. The average molecular weight is 377 g/mol. The van der Waals surface area contributed by atoms with Crippen LogP contribution in [-0.2, 0) is 9.59 Å². The number of piperazine rings is 1. The highest BCUT2D eigenvalue weighted by Crippen LogP contribution is 2.19. The first-order valence-electron chi connectivity index (χ1n) is 8.96. The van der Waals surface area contributed by atoms with E-state index in [1.54, 1.807) is 17.9 Å². The van der Waals surface area contributed by atoms with Crippen LogP contribution in [0.4, 0.5) is 4.79 Å². The number of amides is 4. The minimum Gasteiger partial charge on any atom is -0.472 e. The lowest BCUT2D eigenvalue weighted by atomic mass is 10.1. The first-order chi connectivity index (χ1) is 13.0. The number of urea groups is 1. The van der Waals surface area contributed by atoms with Gasteiger partial charge in [0.15, 0.2) is 0 Å². The third-order valence-corrected chi connectivity index (χ3v) is 4.65. The summed E-state index contributed by atoms with van der Waals surface area (Å²) in [7, 11) is 1.47. The molecule has 0 spiro atoms.